The second-order valence-electron chi connectivity index (χ2n) is 5.59. The number of para-hydroxylation sites is 1. The Hall–Kier alpha value is -1.38. The Balaban J connectivity index is 2.53. The summed E-state index contributed by atoms with van der Waals surface area (Å²) < 4.78 is 5.48. The first-order valence-electron chi connectivity index (χ1n) is 6.16. The zero-order valence-electron chi connectivity index (χ0n) is 11.4. The van der Waals surface area contributed by atoms with Crippen LogP contribution in [-0.4, -0.2) is 25.2 Å². The van der Waals surface area contributed by atoms with Crippen LogP contribution in [0.2, 0.25) is 0 Å². The van der Waals surface area contributed by atoms with E-state index in [0.29, 0.717) is 6.04 Å². The van der Waals surface area contributed by atoms with Crippen molar-refractivity contribution < 1.29 is 4.74 Å². The van der Waals surface area contributed by atoms with Gasteiger partial charge in [-0.15, -0.1) is 0 Å². The van der Waals surface area contributed by atoms with E-state index in [2.05, 4.69) is 44.0 Å². The minimum Gasteiger partial charge on any atom is -0.495 e. The monoisotopic (exact) mass is 234 g/mol. The van der Waals surface area contributed by atoms with Crippen LogP contribution in [0, 0.1) is 0 Å². The number of rotatable bonds is 2. The Morgan fingerprint density at radius 2 is 2.06 bits per heavy atom. The second kappa shape index (κ2) is 4.13. The molecule has 0 saturated heterocycles. The van der Waals surface area contributed by atoms with Gasteiger partial charge in [0.15, 0.2) is 0 Å². The lowest BCUT2D eigenvalue weighted by atomic mass is 9.98. The molecule has 2 rings (SSSR count). The Morgan fingerprint density at radius 1 is 1.35 bits per heavy atom. The summed E-state index contributed by atoms with van der Waals surface area (Å²) in [6, 6.07) is 6.64. The van der Waals surface area contributed by atoms with Gasteiger partial charge in [0.1, 0.15) is 11.4 Å². The molecule has 1 aromatic carbocycles. The summed E-state index contributed by atoms with van der Waals surface area (Å²) >= 11 is 0. The first-order chi connectivity index (χ1) is 7.94. The fraction of sp³-hybridized carbons (Fsp3) is 0.571. The van der Waals surface area contributed by atoms with Crippen molar-refractivity contribution in [1.29, 1.82) is 0 Å². The van der Waals surface area contributed by atoms with Gasteiger partial charge < -0.3 is 15.0 Å². The topological polar surface area (TPSA) is 24.5 Å². The third-order valence-corrected chi connectivity index (χ3v) is 3.17. The van der Waals surface area contributed by atoms with Crippen LogP contribution in [-0.2, 0) is 0 Å². The Morgan fingerprint density at radius 3 is 2.65 bits per heavy atom. The zero-order valence-corrected chi connectivity index (χ0v) is 11.4. The minimum atomic E-state index is 0.0869. The van der Waals surface area contributed by atoms with Crippen LogP contribution in [0.1, 0.15) is 27.7 Å². The summed E-state index contributed by atoms with van der Waals surface area (Å²) in [7, 11) is 1.73. The van der Waals surface area contributed by atoms with E-state index in [1.807, 2.05) is 12.1 Å². The molecule has 3 nitrogen and oxygen atoms in total. The van der Waals surface area contributed by atoms with E-state index >= 15 is 0 Å². The van der Waals surface area contributed by atoms with Crippen LogP contribution in [0.5, 0.6) is 5.75 Å². The number of ether oxygens (including phenoxy) is 1. The molecule has 0 aliphatic carbocycles. The van der Waals surface area contributed by atoms with E-state index < -0.39 is 0 Å². The molecule has 3 heteroatoms. The summed E-state index contributed by atoms with van der Waals surface area (Å²) in [5, 5.41) is 3.57. The van der Waals surface area contributed by atoms with Gasteiger partial charge in [-0.2, -0.15) is 0 Å². The van der Waals surface area contributed by atoms with Crippen molar-refractivity contribution in [3.8, 4) is 5.75 Å². The first kappa shape index (κ1) is 12.1. The van der Waals surface area contributed by atoms with Crippen molar-refractivity contribution in [1.82, 2.24) is 0 Å². The van der Waals surface area contributed by atoms with Crippen LogP contribution >= 0.6 is 0 Å². The summed E-state index contributed by atoms with van der Waals surface area (Å²) in [5.74, 6) is 0.944. The van der Waals surface area contributed by atoms with Gasteiger partial charge in [-0.05, 0) is 39.8 Å². The van der Waals surface area contributed by atoms with Gasteiger partial charge in [0.25, 0.3) is 0 Å². The highest BCUT2D eigenvalue weighted by Gasteiger charge is 2.32. The van der Waals surface area contributed by atoms with E-state index in [-0.39, 0.29) is 5.54 Å². The molecule has 0 fully saturated rings. The Bertz CT molecular complexity index is 413. The Labute approximate surface area is 104 Å². The van der Waals surface area contributed by atoms with Gasteiger partial charge >= 0.3 is 0 Å². The maximum atomic E-state index is 5.48. The van der Waals surface area contributed by atoms with Crippen molar-refractivity contribution in [2.75, 3.05) is 23.9 Å². The quantitative estimate of drug-likeness (QED) is 0.851. The second-order valence-corrected chi connectivity index (χ2v) is 5.59. The number of anilines is 2. The molecule has 1 aliphatic heterocycles. The van der Waals surface area contributed by atoms with Crippen molar-refractivity contribution >= 4 is 11.4 Å². The van der Waals surface area contributed by atoms with Crippen LogP contribution < -0.4 is 15.0 Å². The standard InChI is InChI=1S/C14H22N2O/c1-10(2)16-9-14(3,4)15-11-7-6-8-12(17-5)13(11)16/h6-8,10,15H,9H2,1-5H3. The molecule has 1 heterocycles. The molecule has 0 aromatic heterocycles. The van der Waals surface area contributed by atoms with Crippen LogP contribution in [0.25, 0.3) is 0 Å². The van der Waals surface area contributed by atoms with E-state index in [9.17, 15) is 0 Å². The van der Waals surface area contributed by atoms with Gasteiger partial charge in [0.05, 0.1) is 12.8 Å². The molecule has 0 atom stereocenters. The summed E-state index contributed by atoms with van der Waals surface area (Å²) in [5.41, 5.74) is 2.43. The first-order valence-corrected chi connectivity index (χ1v) is 6.16. The fourth-order valence-corrected chi connectivity index (χ4v) is 2.43. The Kier molecular flexibility index (Phi) is 2.94. The van der Waals surface area contributed by atoms with E-state index in [1.165, 1.54) is 5.69 Å². The predicted octanol–water partition coefficient (Wildman–Crippen LogP) is 3.11. The van der Waals surface area contributed by atoms with E-state index in [4.69, 9.17) is 4.74 Å². The normalized spacial score (nSPS) is 17.6. The number of nitrogens with zero attached hydrogens (tertiary/aromatic N) is 1. The highest BCUT2D eigenvalue weighted by Crippen LogP contribution is 2.42. The molecule has 17 heavy (non-hydrogen) atoms. The lowest BCUT2D eigenvalue weighted by molar-refractivity contribution is 0.408. The molecule has 0 saturated carbocycles. The maximum absolute atomic E-state index is 5.48. The minimum absolute atomic E-state index is 0.0869. The number of fused-ring (bicyclic) bond motifs is 1. The summed E-state index contributed by atoms with van der Waals surface area (Å²) in [4.78, 5) is 2.41. The molecular formula is C14H22N2O. The number of methoxy groups -OCH3 is 1. The molecule has 94 valence electrons. The average molecular weight is 234 g/mol. The van der Waals surface area contributed by atoms with Crippen LogP contribution in [0.15, 0.2) is 18.2 Å². The number of benzene rings is 1. The van der Waals surface area contributed by atoms with Gasteiger partial charge in [0, 0.05) is 18.1 Å². The number of hydrogen-bond donors (Lipinski definition) is 1. The third kappa shape index (κ3) is 2.19. The largest absolute Gasteiger partial charge is 0.495 e. The van der Waals surface area contributed by atoms with E-state index in [1.54, 1.807) is 7.11 Å². The fourth-order valence-electron chi connectivity index (χ4n) is 2.43. The van der Waals surface area contributed by atoms with Crippen molar-refractivity contribution in [3.63, 3.8) is 0 Å². The van der Waals surface area contributed by atoms with Gasteiger partial charge in [0.2, 0.25) is 0 Å². The molecular weight excluding hydrogens is 212 g/mol. The zero-order chi connectivity index (χ0) is 12.6. The molecule has 0 amide bonds. The lowest BCUT2D eigenvalue weighted by Crippen LogP contribution is -2.51. The molecule has 0 radical (unpaired) electrons. The van der Waals surface area contributed by atoms with Crippen molar-refractivity contribution in [3.05, 3.63) is 18.2 Å². The summed E-state index contributed by atoms with van der Waals surface area (Å²) in [6.07, 6.45) is 0. The molecule has 0 bridgehead atoms. The smallest absolute Gasteiger partial charge is 0.144 e. The van der Waals surface area contributed by atoms with E-state index in [0.717, 1.165) is 18.0 Å². The lowest BCUT2D eigenvalue weighted by Gasteiger charge is -2.44. The summed E-state index contributed by atoms with van der Waals surface area (Å²) in [6.45, 7) is 9.88. The average Bonchev–Trinajstić information content (AvgIpc) is 2.25. The van der Waals surface area contributed by atoms with Gasteiger partial charge in [-0.25, -0.2) is 0 Å². The number of hydrogen-bond acceptors (Lipinski definition) is 3. The molecule has 0 spiro atoms. The highest BCUT2D eigenvalue weighted by molar-refractivity contribution is 5.79. The van der Waals surface area contributed by atoms with Crippen molar-refractivity contribution in [2.45, 2.75) is 39.3 Å². The van der Waals surface area contributed by atoms with Crippen LogP contribution in [0.4, 0.5) is 11.4 Å². The SMILES string of the molecule is COc1cccc2c1N(C(C)C)CC(C)(C)N2. The predicted molar refractivity (Wildman–Crippen MR) is 73.2 cm³/mol. The highest BCUT2D eigenvalue weighted by atomic mass is 16.5. The van der Waals surface area contributed by atoms with Gasteiger partial charge in [-0.3, -0.25) is 0 Å². The molecule has 1 aliphatic rings. The molecule has 1 N–H and O–H groups in total. The molecule has 0 unspecified atom stereocenters. The molecule has 1 aromatic rings. The number of nitrogens with one attached hydrogen (secondary N) is 1. The third-order valence-electron chi connectivity index (χ3n) is 3.17. The maximum Gasteiger partial charge on any atom is 0.144 e. The van der Waals surface area contributed by atoms with Gasteiger partial charge in [-0.1, -0.05) is 6.07 Å². The van der Waals surface area contributed by atoms with Crippen LogP contribution in [0.3, 0.4) is 0 Å². The van der Waals surface area contributed by atoms with Crippen molar-refractivity contribution in [2.24, 2.45) is 0 Å².